The van der Waals surface area contributed by atoms with Crippen molar-refractivity contribution in [3.05, 3.63) is 30.1 Å². The Kier molecular flexibility index (Phi) is 8.65. The number of sulfone groups is 1. The Morgan fingerprint density at radius 2 is 2.11 bits per heavy atom. The second-order valence-electron chi connectivity index (χ2n) is 7.28. The Labute approximate surface area is 167 Å². The molecular formula is C19H31FN4O3S. The normalized spacial score (nSPS) is 19.0. The maximum Gasteiger partial charge on any atom is 0.191 e. The summed E-state index contributed by atoms with van der Waals surface area (Å²) in [5.74, 6) is 0.146. The summed E-state index contributed by atoms with van der Waals surface area (Å²) < 4.78 is 44.1. The summed E-state index contributed by atoms with van der Waals surface area (Å²) in [7, 11) is -2.08. The molecule has 0 bridgehead atoms. The van der Waals surface area contributed by atoms with Gasteiger partial charge in [-0.1, -0.05) is 26.0 Å². The Bertz CT molecular complexity index is 755. The number of halogens is 1. The molecule has 1 aromatic carbocycles. The average molecular weight is 415 g/mol. The highest BCUT2D eigenvalue weighted by molar-refractivity contribution is 7.91. The van der Waals surface area contributed by atoms with Crippen molar-refractivity contribution in [2.75, 3.05) is 52.1 Å². The summed E-state index contributed by atoms with van der Waals surface area (Å²) in [6.45, 7) is 8.63. The van der Waals surface area contributed by atoms with Crippen molar-refractivity contribution in [1.29, 1.82) is 0 Å². The van der Waals surface area contributed by atoms with Crippen LogP contribution in [0.15, 0.2) is 34.2 Å². The molecule has 1 aliphatic rings. The number of hydrogen-bond acceptors (Lipinski definition) is 5. The van der Waals surface area contributed by atoms with Gasteiger partial charge in [0.25, 0.3) is 0 Å². The zero-order valence-electron chi connectivity index (χ0n) is 16.8. The molecule has 0 aromatic heterocycles. The number of guanidine groups is 1. The lowest BCUT2D eigenvalue weighted by molar-refractivity contribution is -0.0284. The van der Waals surface area contributed by atoms with Crippen LogP contribution in [0.3, 0.4) is 0 Å². The van der Waals surface area contributed by atoms with Crippen LogP contribution < -0.4 is 10.6 Å². The Morgan fingerprint density at radius 1 is 1.36 bits per heavy atom. The van der Waals surface area contributed by atoms with Gasteiger partial charge >= 0.3 is 0 Å². The quantitative estimate of drug-likeness (QED) is 0.490. The third kappa shape index (κ3) is 7.03. The molecule has 7 nitrogen and oxygen atoms in total. The predicted molar refractivity (Wildman–Crippen MR) is 109 cm³/mol. The van der Waals surface area contributed by atoms with Crippen molar-refractivity contribution < 1.29 is 17.5 Å². The van der Waals surface area contributed by atoms with Crippen molar-refractivity contribution in [2.45, 2.75) is 24.8 Å². The van der Waals surface area contributed by atoms with E-state index in [-0.39, 0.29) is 23.3 Å². The first kappa shape index (κ1) is 22.6. The van der Waals surface area contributed by atoms with Crippen LogP contribution in [0.5, 0.6) is 0 Å². The van der Waals surface area contributed by atoms with Crippen molar-refractivity contribution >= 4 is 15.8 Å². The largest absolute Gasteiger partial charge is 0.374 e. The minimum atomic E-state index is -3.70. The Hall–Kier alpha value is -1.71. The fourth-order valence-electron chi connectivity index (χ4n) is 3.13. The van der Waals surface area contributed by atoms with E-state index in [1.165, 1.54) is 18.2 Å². The SMILES string of the molecule is CN=C(NCCS(=O)(=O)c1ccccc1F)NCC1CN(CC(C)C)CCO1. The topological polar surface area (TPSA) is 83.0 Å². The molecule has 1 aromatic rings. The van der Waals surface area contributed by atoms with Gasteiger partial charge in [0.15, 0.2) is 15.8 Å². The number of rotatable bonds is 8. The van der Waals surface area contributed by atoms with Crippen molar-refractivity contribution in [2.24, 2.45) is 10.9 Å². The van der Waals surface area contributed by atoms with E-state index in [2.05, 4.69) is 34.4 Å². The van der Waals surface area contributed by atoms with Crippen LogP contribution in [-0.2, 0) is 14.6 Å². The summed E-state index contributed by atoms with van der Waals surface area (Å²) in [5.41, 5.74) is 0. The smallest absolute Gasteiger partial charge is 0.191 e. The second-order valence-corrected chi connectivity index (χ2v) is 9.35. The highest BCUT2D eigenvalue weighted by Gasteiger charge is 2.21. The van der Waals surface area contributed by atoms with E-state index in [0.717, 1.165) is 25.7 Å². The minimum absolute atomic E-state index is 0.0493. The molecule has 9 heteroatoms. The third-order valence-electron chi connectivity index (χ3n) is 4.40. The van der Waals surface area contributed by atoms with Gasteiger partial charge in [0.1, 0.15) is 10.7 Å². The molecule has 1 saturated heterocycles. The van der Waals surface area contributed by atoms with Crippen LogP contribution >= 0.6 is 0 Å². The van der Waals surface area contributed by atoms with Crippen LogP contribution in [0.1, 0.15) is 13.8 Å². The zero-order chi connectivity index (χ0) is 20.6. The van der Waals surface area contributed by atoms with Crippen molar-refractivity contribution in [3.8, 4) is 0 Å². The average Bonchev–Trinajstić information content (AvgIpc) is 2.64. The van der Waals surface area contributed by atoms with E-state index in [4.69, 9.17) is 4.74 Å². The summed E-state index contributed by atoms with van der Waals surface area (Å²) >= 11 is 0. The highest BCUT2D eigenvalue weighted by atomic mass is 32.2. The van der Waals surface area contributed by atoms with Gasteiger partial charge in [0.05, 0.1) is 18.5 Å². The molecule has 2 rings (SSSR count). The van der Waals surface area contributed by atoms with Gasteiger partial charge in [-0.2, -0.15) is 0 Å². The van der Waals surface area contributed by atoms with Crippen molar-refractivity contribution in [3.63, 3.8) is 0 Å². The molecule has 0 spiro atoms. The number of ether oxygens (including phenoxy) is 1. The van der Waals surface area contributed by atoms with Crippen LogP contribution in [0.2, 0.25) is 0 Å². The molecule has 1 unspecified atom stereocenters. The Balaban J connectivity index is 1.78. The summed E-state index contributed by atoms with van der Waals surface area (Å²) in [4.78, 5) is 6.22. The van der Waals surface area contributed by atoms with Gasteiger partial charge in [0, 0.05) is 39.8 Å². The van der Waals surface area contributed by atoms with Crippen molar-refractivity contribution in [1.82, 2.24) is 15.5 Å². The highest BCUT2D eigenvalue weighted by Crippen LogP contribution is 2.14. The molecule has 1 heterocycles. The standard InChI is InChI=1S/C19H31FN4O3S/c1-15(2)13-24-9-10-27-16(14-24)12-23-19(21-3)22-8-11-28(25,26)18-7-5-4-6-17(18)20/h4-7,15-16H,8-14H2,1-3H3,(H2,21,22,23). The lowest BCUT2D eigenvalue weighted by Gasteiger charge is -2.34. The number of aliphatic imine (C=N–C) groups is 1. The molecule has 28 heavy (non-hydrogen) atoms. The number of benzene rings is 1. The number of hydrogen-bond donors (Lipinski definition) is 2. The van der Waals surface area contributed by atoms with E-state index >= 15 is 0 Å². The van der Waals surface area contributed by atoms with Gasteiger partial charge in [-0.3, -0.25) is 9.89 Å². The number of nitrogens with zero attached hydrogens (tertiary/aromatic N) is 2. The lowest BCUT2D eigenvalue weighted by Crippen LogP contribution is -2.50. The van der Waals surface area contributed by atoms with Gasteiger partial charge in [-0.05, 0) is 18.1 Å². The molecule has 1 fully saturated rings. The minimum Gasteiger partial charge on any atom is -0.374 e. The zero-order valence-corrected chi connectivity index (χ0v) is 17.6. The first-order chi connectivity index (χ1) is 13.3. The van der Waals surface area contributed by atoms with E-state index in [9.17, 15) is 12.8 Å². The van der Waals surface area contributed by atoms with Gasteiger partial charge < -0.3 is 15.4 Å². The Morgan fingerprint density at radius 3 is 2.79 bits per heavy atom. The molecule has 0 amide bonds. The maximum absolute atomic E-state index is 13.7. The first-order valence-corrected chi connectivity index (χ1v) is 11.2. The first-order valence-electron chi connectivity index (χ1n) is 9.57. The number of nitrogens with one attached hydrogen (secondary N) is 2. The molecule has 0 aliphatic carbocycles. The molecular weight excluding hydrogens is 383 g/mol. The van der Waals surface area contributed by atoms with Crippen LogP contribution in [0.25, 0.3) is 0 Å². The molecule has 1 aliphatic heterocycles. The fourth-order valence-corrected chi connectivity index (χ4v) is 4.37. The number of morpholine rings is 1. The van der Waals surface area contributed by atoms with Crippen LogP contribution in [-0.4, -0.2) is 77.5 Å². The van der Waals surface area contributed by atoms with Gasteiger partial charge in [-0.15, -0.1) is 0 Å². The molecule has 1 atom stereocenters. The third-order valence-corrected chi connectivity index (χ3v) is 6.14. The molecule has 0 radical (unpaired) electrons. The summed E-state index contributed by atoms with van der Waals surface area (Å²) in [6, 6.07) is 5.40. The van der Waals surface area contributed by atoms with E-state index < -0.39 is 15.7 Å². The van der Waals surface area contributed by atoms with Crippen LogP contribution in [0.4, 0.5) is 4.39 Å². The van der Waals surface area contributed by atoms with Gasteiger partial charge in [0.2, 0.25) is 0 Å². The monoisotopic (exact) mass is 414 g/mol. The van der Waals surface area contributed by atoms with E-state index in [1.807, 2.05) is 0 Å². The van der Waals surface area contributed by atoms with E-state index in [1.54, 1.807) is 7.05 Å². The molecule has 158 valence electrons. The molecule has 2 N–H and O–H groups in total. The fraction of sp³-hybridized carbons (Fsp3) is 0.632. The summed E-state index contributed by atoms with van der Waals surface area (Å²) in [6.07, 6.45) is 0.0493. The molecule has 0 saturated carbocycles. The second kappa shape index (κ2) is 10.7. The van der Waals surface area contributed by atoms with E-state index in [0.29, 0.717) is 25.0 Å². The predicted octanol–water partition coefficient (Wildman–Crippen LogP) is 1.12. The lowest BCUT2D eigenvalue weighted by atomic mass is 10.2. The summed E-state index contributed by atoms with van der Waals surface area (Å²) in [5, 5.41) is 6.13. The van der Waals surface area contributed by atoms with Crippen LogP contribution in [0, 0.1) is 11.7 Å². The maximum atomic E-state index is 13.7. The van der Waals surface area contributed by atoms with Gasteiger partial charge in [-0.25, -0.2) is 12.8 Å².